The van der Waals surface area contributed by atoms with Crippen LogP contribution in [-0.4, -0.2) is 28.5 Å². The summed E-state index contributed by atoms with van der Waals surface area (Å²) in [7, 11) is 0. The molecule has 6 nitrogen and oxygen atoms in total. The third-order valence-corrected chi connectivity index (χ3v) is 2.44. The molecule has 0 saturated heterocycles. The fourth-order valence-electron chi connectivity index (χ4n) is 1.45. The van der Waals surface area contributed by atoms with Gasteiger partial charge in [0.2, 0.25) is 5.95 Å². The SMILES string of the molecule is O=C(COC(=O)C=Cc1ccc(F)cc1)Nc1ncccn1. The second-order valence-electron chi connectivity index (χ2n) is 4.11. The van der Waals surface area contributed by atoms with Crippen LogP contribution < -0.4 is 5.32 Å². The van der Waals surface area contributed by atoms with Crippen LogP contribution in [0.2, 0.25) is 0 Å². The van der Waals surface area contributed by atoms with Crippen LogP contribution in [0.4, 0.5) is 10.3 Å². The van der Waals surface area contributed by atoms with Gasteiger partial charge in [0.15, 0.2) is 6.61 Å². The lowest BCUT2D eigenvalue weighted by molar-refractivity contribution is -0.142. The predicted molar refractivity (Wildman–Crippen MR) is 77.1 cm³/mol. The summed E-state index contributed by atoms with van der Waals surface area (Å²) in [6.45, 7) is -0.454. The lowest BCUT2D eigenvalue weighted by Gasteiger charge is -2.03. The summed E-state index contributed by atoms with van der Waals surface area (Å²) in [4.78, 5) is 30.5. The maximum Gasteiger partial charge on any atom is 0.331 e. The topological polar surface area (TPSA) is 81.2 Å². The Morgan fingerprint density at radius 2 is 1.86 bits per heavy atom. The average Bonchev–Trinajstić information content (AvgIpc) is 2.53. The Bertz CT molecular complexity index is 672. The van der Waals surface area contributed by atoms with Gasteiger partial charge in [-0.05, 0) is 29.8 Å². The number of carbonyl (C=O) groups excluding carboxylic acids is 2. The Kier molecular flexibility index (Phi) is 5.31. The molecule has 0 aliphatic carbocycles. The van der Waals surface area contributed by atoms with Gasteiger partial charge in [0.05, 0.1) is 0 Å². The molecule has 0 radical (unpaired) electrons. The van der Waals surface area contributed by atoms with Gasteiger partial charge in [-0.25, -0.2) is 19.2 Å². The van der Waals surface area contributed by atoms with Crippen LogP contribution in [0.3, 0.4) is 0 Å². The molecule has 0 atom stereocenters. The number of ether oxygens (including phenoxy) is 1. The van der Waals surface area contributed by atoms with E-state index in [1.807, 2.05) is 0 Å². The average molecular weight is 301 g/mol. The van der Waals surface area contributed by atoms with Crippen molar-refractivity contribution in [2.45, 2.75) is 0 Å². The quantitative estimate of drug-likeness (QED) is 0.673. The van der Waals surface area contributed by atoms with Crippen molar-refractivity contribution in [3.8, 4) is 0 Å². The minimum absolute atomic E-state index is 0.130. The molecule has 1 N–H and O–H groups in total. The second-order valence-corrected chi connectivity index (χ2v) is 4.11. The zero-order chi connectivity index (χ0) is 15.8. The summed E-state index contributed by atoms with van der Waals surface area (Å²) >= 11 is 0. The molecule has 0 bridgehead atoms. The zero-order valence-corrected chi connectivity index (χ0v) is 11.4. The number of carbonyl (C=O) groups is 2. The van der Waals surface area contributed by atoms with E-state index in [1.54, 1.807) is 6.07 Å². The lowest BCUT2D eigenvalue weighted by atomic mass is 10.2. The summed E-state index contributed by atoms with van der Waals surface area (Å²) in [6.07, 6.45) is 5.56. The van der Waals surface area contributed by atoms with E-state index in [9.17, 15) is 14.0 Å². The van der Waals surface area contributed by atoms with Gasteiger partial charge in [0, 0.05) is 18.5 Å². The van der Waals surface area contributed by atoms with E-state index < -0.39 is 18.5 Å². The second kappa shape index (κ2) is 7.63. The van der Waals surface area contributed by atoms with Crippen molar-refractivity contribution in [2.75, 3.05) is 11.9 Å². The molecule has 1 amide bonds. The number of benzene rings is 1. The molecule has 0 fully saturated rings. The van der Waals surface area contributed by atoms with Crippen LogP contribution in [0.25, 0.3) is 6.08 Å². The van der Waals surface area contributed by atoms with Gasteiger partial charge in [-0.2, -0.15) is 0 Å². The Labute approximate surface area is 125 Å². The molecule has 1 heterocycles. The number of anilines is 1. The Morgan fingerprint density at radius 1 is 1.18 bits per heavy atom. The van der Waals surface area contributed by atoms with E-state index in [2.05, 4.69) is 15.3 Å². The van der Waals surface area contributed by atoms with Gasteiger partial charge in [-0.3, -0.25) is 10.1 Å². The first-order valence-corrected chi connectivity index (χ1v) is 6.31. The fraction of sp³-hybridized carbons (Fsp3) is 0.0667. The zero-order valence-electron chi connectivity index (χ0n) is 11.4. The number of nitrogens with zero attached hydrogens (tertiary/aromatic N) is 2. The van der Waals surface area contributed by atoms with Crippen molar-refractivity contribution in [3.05, 3.63) is 60.2 Å². The van der Waals surface area contributed by atoms with Crippen LogP contribution in [-0.2, 0) is 14.3 Å². The third kappa shape index (κ3) is 5.12. The molecule has 2 aromatic rings. The highest BCUT2D eigenvalue weighted by Gasteiger charge is 2.06. The first-order valence-electron chi connectivity index (χ1n) is 6.31. The number of esters is 1. The first kappa shape index (κ1) is 15.3. The summed E-state index contributed by atoms with van der Waals surface area (Å²) in [6, 6.07) is 7.18. The molecular formula is C15H12FN3O3. The van der Waals surface area contributed by atoms with E-state index in [4.69, 9.17) is 4.74 Å². The third-order valence-electron chi connectivity index (χ3n) is 2.44. The molecule has 1 aromatic heterocycles. The van der Waals surface area contributed by atoms with E-state index in [-0.39, 0.29) is 11.8 Å². The van der Waals surface area contributed by atoms with E-state index in [0.29, 0.717) is 5.56 Å². The highest BCUT2D eigenvalue weighted by Crippen LogP contribution is 2.04. The summed E-state index contributed by atoms with van der Waals surface area (Å²) in [5.74, 6) is -1.46. The van der Waals surface area contributed by atoms with E-state index >= 15 is 0 Å². The van der Waals surface area contributed by atoms with Crippen LogP contribution in [0.15, 0.2) is 48.8 Å². The van der Waals surface area contributed by atoms with Gasteiger partial charge in [0.25, 0.3) is 5.91 Å². The normalized spacial score (nSPS) is 10.4. The summed E-state index contributed by atoms with van der Waals surface area (Å²) in [5, 5.41) is 2.37. The first-order chi connectivity index (χ1) is 10.6. The maximum atomic E-state index is 12.7. The number of hydrogen-bond donors (Lipinski definition) is 1. The van der Waals surface area contributed by atoms with Crippen molar-refractivity contribution in [3.63, 3.8) is 0 Å². The number of halogens is 1. The number of aromatic nitrogens is 2. The predicted octanol–water partition coefficient (Wildman–Crippen LogP) is 1.81. The van der Waals surface area contributed by atoms with Crippen LogP contribution in [0.5, 0.6) is 0 Å². The van der Waals surface area contributed by atoms with Gasteiger partial charge in [0.1, 0.15) is 5.82 Å². The minimum atomic E-state index is -0.687. The maximum absolute atomic E-state index is 12.7. The molecule has 22 heavy (non-hydrogen) atoms. The van der Waals surface area contributed by atoms with Gasteiger partial charge in [-0.15, -0.1) is 0 Å². The molecule has 0 saturated carbocycles. The monoisotopic (exact) mass is 301 g/mol. The molecular weight excluding hydrogens is 289 g/mol. The highest BCUT2D eigenvalue weighted by atomic mass is 19.1. The number of hydrogen-bond acceptors (Lipinski definition) is 5. The molecule has 2 rings (SSSR count). The van der Waals surface area contributed by atoms with Crippen LogP contribution >= 0.6 is 0 Å². The van der Waals surface area contributed by atoms with E-state index in [0.717, 1.165) is 6.08 Å². The Morgan fingerprint density at radius 3 is 2.55 bits per heavy atom. The van der Waals surface area contributed by atoms with Gasteiger partial charge >= 0.3 is 5.97 Å². The molecule has 0 aliphatic heterocycles. The van der Waals surface area contributed by atoms with Crippen molar-refractivity contribution in [1.82, 2.24) is 9.97 Å². The number of amides is 1. The van der Waals surface area contributed by atoms with Crippen LogP contribution in [0, 0.1) is 5.82 Å². The largest absolute Gasteiger partial charge is 0.452 e. The highest BCUT2D eigenvalue weighted by molar-refractivity contribution is 5.93. The van der Waals surface area contributed by atoms with Crippen molar-refractivity contribution < 1.29 is 18.7 Å². The van der Waals surface area contributed by atoms with Crippen molar-refractivity contribution in [2.24, 2.45) is 0 Å². The van der Waals surface area contributed by atoms with Crippen LogP contribution in [0.1, 0.15) is 5.56 Å². The molecule has 0 unspecified atom stereocenters. The van der Waals surface area contributed by atoms with Crippen molar-refractivity contribution >= 4 is 23.9 Å². The number of nitrogens with one attached hydrogen (secondary N) is 1. The molecule has 1 aromatic carbocycles. The smallest absolute Gasteiger partial charge is 0.331 e. The fourth-order valence-corrected chi connectivity index (χ4v) is 1.45. The Balaban J connectivity index is 1.77. The summed E-state index contributed by atoms with van der Waals surface area (Å²) < 4.78 is 17.5. The standard InChI is InChI=1S/C15H12FN3O3/c16-12-5-2-11(3-6-12)4-7-14(21)22-10-13(20)19-15-17-8-1-9-18-15/h1-9H,10H2,(H,17,18,19,20). The molecule has 0 spiro atoms. The Hall–Kier alpha value is -3.09. The summed E-state index contributed by atoms with van der Waals surface area (Å²) in [5.41, 5.74) is 0.639. The van der Waals surface area contributed by atoms with Gasteiger partial charge < -0.3 is 4.74 Å². The van der Waals surface area contributed by atoms with Gasteiger partial charge in [-0.1, -0.05) is 12.1 Å². The van der Waals surface area contributed by atoms with Crippen molar-refractivity contribution in [1.29, 1.82) is 0 Å². The minimum Gasteiger partial charge on any atom is -0.452 e. The lowest BCUT2D eigenvalue weighted by Crippen LogP contribution is -2.21. The number of rotatable bonds is 5. The molecule has 112 valence electrons. The molecule has 0 aliphatic rings. The molecule has 7 heteroatoms. The van der Waals surface area contributed by atoms with E-state index in [1.165, 1.54) is 42.7 Å².